The van der Waals surface area contributed by atoms with Gasteiger partial charge in [-0.05, 0) is 13.8 Å². The fourth-order valence-electron chi connectivity index (χ4n) is 2.26. The molecule has 1 aliphatic heterocycles. The van der Waals surface area contributed by atoms with E-state index in [0.29, 0.717) is 11.2 Å². The summed E-state index contributed by atoms with van der Waals surface area (Å²) in [7, 11) is 0. The lowest BCUT2D eigenvalue weighted by Gasteiger charge is -2.36. The third kappa shape index (κ3) is 2.99. The van der Waals surface area contributed by atoms with Crippen molar-refractivity contribution in [1.29, 1.82) is 0 Å². The van der Waals surface area contributed by atoms with E-state index in [1.165, 1.54) is 18.3 Å². The highest BCUT2D eigenvalue weighted by Crippen LogP contribution is 2.28. The number of Topliss-reactive ketones (excluding diaryl/α,β-unsaturated/α-hetero) is 1. The molecule has 1 aromatic rings. The maximum absolute atomic E-state index is 11.5. The number of rotatable bonds is 4. The van der Waals surface area contributed by atoms with Crippen molar-refractivity contribution in [3.63, 3.8) is 0 Å². The van der Waals surface area contributed by atoms with Crippen LogP contribution >= 0.6 is 11.3 Å². The first-order valence-electron chi connectivity index (χ1n) is 6.64. The highest BCUT2D eigenvalue weighted by molar-refractivity contribution is 7.17. The van der Waals surface area contributed by atoms with E-state index in [1.807, 2.05) is 0 Å². The van der Waals surface area contributed by atoms with Gasteiger partial charge in [0, 0.05) is 39.1 Å². The summed E-state index contributed by atoms with van der Waals surface area (Å²) in [5.74, 6) is -1.38. The molecule has 1 aliphatic rings. The molecule has 1 saturated heterocycles. The van der Waals surface area contributed by atoms with Crippen LogP contribution in [0, 0.1) is 0 Å². The second kappa shape index (κ2) is 5.88. The first-order chi connectivity index (χ1) is 9.40. The van der Waals surface area contributed by atoms with Crippen LogP contribution < -0.4 is 4.90 Å². The van der Waals surface area contributed by atoms with Crippen molar-refractivity contribution in [3.05, 3.63) is 10.6 Å². The summed E-state index contributed by atoms with van der Waals surface area (Å²) >= 11 is 1.18. The second-order valence-electron chi connectivity index (χ2n) is 5.15. The first-order valence-corrected chi connectivity index (χ1v) is 7.46. The number of nitrogens with zero attached hydrogens (tertiary/aromatic N) is 3. The highest BCUT2D eigenvalue weighted by atomic mass is 32.1. The number of anilines is 1. The van der Waals surface area contributed by atoms with Crippen molar-refractivity contribution in [2.45, 2.75) is 26.8 Å². The number of carboxylic acids is 1. The van der Waals surface area contributed by atoms with E-state index in [1.54, 1.807) is 0 Å². The Bertz CT molecular complexity index is 487. The van der Waals surface area contributed by atoms with Gasteiger partial charge in [0.05, 0.1) is 0 Å². The number of hydrogen-bond donors (Lipinski definition) is 1. The van der Waals surface area contributed by atoms with Crippen molar-refractivity contribution in [2.24, 2.45) is 0 Å². The zero-order valence-electron chi connectivity index (χ0n) is 11.9. The minimum Gasteiger partial charge on any atom is -0.476 e. The summed E-state index contributed by atoms with van der Waals surface area (Å²) in [6, 6.07) is 0.510. The van der Waals surface area contributed by atoms with Crippen LogP contribution in [0.2, 0.25) is 0 Å². The van der Waals surface area contributed by atoms with Crippen LogP contribution in [0.3, 0.4) is 0 Å². The van der Waals surface area contributed by atoms with E-state index in [-0.39, 0.29) is 16.4 Å². The Hall–Kier alpha value is -1.47. The SMILES string of the molecule is CC(=O)c1sc(N2CCN(C(C)C)CC2)nc1C(=O)O. The van der Waals surface area contributed by atoms with Crippen LogP contribution in [0.15, 0.2) is 0 Å². The van der Waals surface area contributed by atoms with E-state index in [0.717, 1.165) is 26.2 Å². The lowest BCUT2D eigenvalue weighted by atomic mass is 10.2. The quantitative estimate of drug-likeness (QED) is 0.851. The third-order valence-corrected chi connectivity index (χ3v) is 4.67. The minimum atomic E-state index is -1.14. The molecule has 110 valence electrons. The molecule has 1 N–H and O–H groups in total. The van der Waals surface area contributed by atoms with Crippen LogP contribution in [0.1, 0.15) is 40.9 Å². The topological polar surface area (TPSA) is 73.7 Å². The summed E-state index contributed by atoms with van der Waals surface area (Å²) in [6.07, 6.45) is 0. The Morgan fingerprint density at radius 3 is 2.25 bits per heavy atom. The molecule has 1 aromatic heterocycles. The van der Waals surface area contributed by atoms with Gasteiger partial charge in [0.15, 0.2) is 16.6 Å². The molecular formula is C13H19N3O3S. The zero-order valence-corrected chi connectivity index (χ0v) is 12.7. The number of carbonyl (C=O) groups is 2. The molecule has 0 aliphatic carbocycles. The van der Waals surface area contributed by atoms with E-state index in [9.17, 15) is 9.59 Å². The van der Waals surface area contributed by atoms with E-state index in [4.69, 9.17) is 5.11 Å². The summed E-state index contributed by atoms with van der Waals surface area (Å²) in [5, 5.41) is 9.74. The number of thiazole rings is 1. The standard InChI is InChI=1S/C13H19N3O3S/c1-8(2)15-4-6-16(7-5-15)13-14-10(12(18)19)11(20-13)9(3)17/h8H,4-7H2,1-3H3,(H,18,19). The van der Waals surface area contributed by atoms with E-state index < -0.39 is 5.97 Å². The molecule has 1 fully saturated rings. The lowest BCUT2D eigenvalue weighted by molar-refractivity contribution is 0.0687. The number of hydrogen-bond acceptors (Lipinski definition) is 6. The van der Waals surface area contributed by atoms with Gasteiger partial charge in [-0.3, -0.25) is 9.69 Å². The molecule has 0 atom stereocenters. The molecule has 0 amide bonds. The lowest BCUT2D eigenvalue weighted by Crippen LogP contribution is -2.48. The molecule has 0 spiro atoms. The molecule has 2 heterocycles. The van der Waals surface area contributed by atoms with Gasteiger partial charge in [-0.25, -0.2) is 9.78 Å². The number of piperazine rings is 1. The average molecular weight is 297 g/mol. The number of aromatic carboxylic acids is 1. The molecular weight excluding hydrogens is 278 g/mol. The van der Waals surface area contributed by atoms with Crippen LogP contribution in [-0.4, -0.2) is 59.0 Å². The van der Waals surface area contributed by atoms with Crippen molar-refractivity contribution in [3.8, 4) is 0 Å². The van der Waals surface area contributed by atoms with Gasteiger partial charge in [-0.15, -0.1) is 0 Å². The van der Waals surface area contributed by atoms with Crippen LogP contribution in [0.5, 0.6) is 0 Å². The molecule has 6 nitrogen and oxygen atoms in total. The van der Waals surface area contributed by atoms with Gasteiger partial charge < -0.3 is 10.0 Å². The number of ketones is 1. The highest BCUT2D eigenvalue weighted by Gasteiger charge is 2.26. The molecule has 0 aromatic carbocycles. The summed E-state index contributed by atoms with van der Waals surface area (Å²) in [6.45, 7) is 9.17. The van der Waals surface area contributed by atoms with Crippen molar-refractivity contribution >= 4 is 28.2 Å². The Morgan fingerprint density at radius 1 is 1.25 bits per heavy atom. The normalized spacial score (nSPS) is 16.7. The van der Waals surface area contributed by atoms with Crippen LogP contribution in [0.25, 0.3) is 0 Å². The predicted octanol–water partition coefficient (Wildman–Crippen LogP) is 1.57. The Labute approximate surface area is 122 Å². The molecule has 0 unspecified atom stereocenters. The molecule has 0 bridgehead atoms. The van der Waals surface area contributed by atoms with Crippen LogP contribution in [0.4, 0.5) is 5.13 Å². The molecule has 0 radical (unpaired) electrons. The summed E-state index contributed by atoms with van der Waals surface area (Å²) in [4.78, 5) is 31.4. The predicted molar refractivity (Wildman–Crippen MR) is 78.0 cm³/mol. The minimum absolute atomic E-state index is 0.121. The van der Waals surface area contributed by atoms with Gasteiger partial charge in [0.2, 0.25) is 0 Å². The first kappa shape index (κ1) is 14.9. The Kier molecular flexibility index (Phi) is 4.39. The maximum Gasteiger partial charge on any atom is 0.356 e. The smallest absolute Gasteiger partial charge is 0.356 e. The van der Waals surface area contributed by atoms with Gasteiger partial charge in [-0.2, -0.15) is 0 Å². The Morgan fingerprint density at radius 2 is 1.85 bits per heavy atom. The summed E-state index contributed by atoms with van der Waals surface area (Å²) < 4.78 is 0. The van der Waals surface area contributed by atoms with E-state index >= 15 is 0 Å². The number of carbonyl (C=O) groups excluding carboxylic acids is 1. The second-order valence-corrected chi connectivity index (χ2v) is 6.13. The van der Waals surface area contributed by atoms with E-state index in [2.05, 4.69) is 28.6 Å². The van der Waals surface area contributed by atoms with Crippen molar-refractivity contribution in [1.82, 2.24) is 9.88 Å². The van der Waals surface area contributed by atoms with Crippen molar-refractivity contribution < 1.29 is 14.7 Å². The molecule has 2 rings (SSSR count). The monoisotopic (exact) mass is 297 g/mol. The zero-order chi connectivity index (χ0) is 14.9. The fourth-order valence-corrected chi connectivity index (χ4v) is 3.26. The molecule has 0 saturated carbocycles. The Balaban J connectivity index is 2.16. The fraction of sp³-hybridized carbons (Fsp3) is 0.615. The summed E-state index contributed by atoms with van der Waals surface area (Å²) in [5.41, 5.74) is -0.121. The molecule has 7 heteroatoms. The maximum atomic E-state index is 11.5. The van der Waals surface area contributed by atoms with Gasteiger partial charge in [-0.1, -0.05) is 11.3 Å². The van der Waals surface area contributed by atoms with Crippen LogP contribution in [-0.2, 0) is 0 Å². The molecule has 20 heavy (non-hydrogen) atoms. The van der Waals surface area contributed by atoms with Gasteiger partial charge in [0.1, 0.15) is 4.88 Å². The average Bonchev–Trinajstić information content (AvgIpc) is 2.84. The van der Waals surface area contributed by atoms with Gasteiger partial charge in [0.25, 0.3) is 0 Å². The number of aromatic nitrogens is 1. The third-order valence-electron chi connectivity index (χ3n) is 3.45. The largest absolute Gasteiger partial charge is 0.476 e. The number of carboxylic acid groups (broad SMARTS) is 1. The van der Waals surface area contributed by atoms with Gasteiger partial charge >= 0.3 is 5.97 Å². The van der Waals surface area contributed by atoms with Crippen molar-refractivity contribution in [2.75, 3.05) is 31.1 Å².